The van der Waals surface area contributed by atoms with E-state index in [-0.39, 0.29) is 11.8 Å². The molecule has 0 spiro atoms. The molecule has 0 bridgehead atoms. The van der Waals surface area contributed by atoms with Gasteiger partial charge in [-0.25, -0.2) is 0 Å². The van der Waals surface area contributed by atoms with E-state index >= 15 is 0 Å². The van der Waals surface area contributed by atoms with E-state index < -0.39 is 0 Å². The molecular weight excluding hydrogens is 358 g/mol. The summed E-state index contributed by atoms with van der Waals surface area (Å²) in [6, 6.07) is 7.81. The Morgan fingerprint density at radius 2 is 2.11 bits per heavy atom. The molecule has 2 aromatic rings. The zero-order valence-corrected chi connectivity index (χ0v) is 16.9. The number of benzene rings is 1. The van der Waals surface area contributed by atoms with Gasteiger partial charge in [-0.15, -0.1) is 0 Å². The molecule has 0 saturated carbocycles. The maximum absolute atomic E-state index is 12.6. The third-order valence-corrected chi connectivity index (χ3v) is 4.77. The first kappa shape index (κ1) is 20.4. The molecule has 0 unspecified atom stereocenters. The van der Waals surface area contributed by atoms with Crippen LogP contribution in [-0.4, -0.2) is 55.4 Å². The SMILES string of the molecule is Cc1noc(C(C)C)c1C(=O)NCc1cccc(OCCN2CCOCC2)c1. The summed E-state index contributed by atoms with van der Waals surface area (Å²) in [4.78, 5) is 14.9. The Labute approximate surface area is 166 Å². The molecule has 3 rings (SSSR count). The van der Waals surface area contributed by atoms with Crippen LogP contribution in [0.25, 0.3) is 0 Å². The lowest BCUT2D eigenvalue weighted by molar-refractivity contribution is 0.0322. The summed E-state index contributed by atoms with van der Waals surface area (Å²) in [6.07, 6.45) is 0. The lowest BCUT2D eigenvalue weighted by Crippen LogP contribution is -2.38. The van der Waals surface area contributed by atoms with Crippen molar-refractivity contribution in [1.82, 2.24) is 15.4 Å². The van der Waals surface area contributed by atoms with Crippen molar-refractivity contribution in [2.75, 3.05) is 39.5 Å². The smallest absolute Gasteiger partial charge is 0.257 e. The van der Waals surface area contributed by atoms with Crippen LogP contribution in [0.4, 0.5) is 0 Å². The van der Waals surface area contributed by atoms with E-state index in [0.29, 0.717) is 30.2 Å². The van der Waals surface area contributed by atoms with Crippen LogP contribution in [-0.2, 0) is 11.3 Å². The molecule has 2 heterocycles. The minimum Gasteiger partial charge on any atom is -0.492 e. The Balaban J connectivity index is 1.51. The first-order chi connectivity index (χ1) is 13.5. The highest BCUT2D eigenvalue weighted by Crippen LogP contribution is 2.22. The number of carbonyl (C=O) groups excluding carboxylic acids is 1. The quantitative estimate of drug-likeness (QED) is 0.751. The van der Waals surface area contributed by atoms with Crippen LogP contribution in [0.5, 0.6) is 5.75 Å². The largest absolute Gasteiger partial charge is 0.492 e. The molecule has 0 aliphatic carbocycles. The fourth-order valence-corrected chi connectivity index (χ4v) is 3.19. The van der Waals surface area contributed by atoms with Crippen molar-refractivity contribution < 1.29 is 18.8 Å². The summed E-state index contributed by atoms with van der Waals surface area (Å²) in [5, 5.41) is 6.89. The highest BCUT2D eigenvalue weighted by Gasteiger charge is 2.22. The number of amides is 1. The van der Waals surface area contributed by atoms with Crippen LogP contribution in [0.1, 0.15) is 47.1 Å². The molecule has 1 saturated heterocycles. The molecule has 7 heteroatoms. The first-order valence-corrected chi connectivity index (χ1v) is 9.81. The summed E-state index contributed by atoms with van der Waals surface area (Å²) < 4.78 is 16.5. The van der Waals surface area contributed by atoms with Gasteiger partial charge in [-0.2, -0.15) is 0 Å². The van der Waals surface area contributed by atoms with Crippen LogP contribution in [0.15, 0.2) is 28.8 Å². The lowest BCUT2D eigenvalue weighted by atomic mass is 10.0. The van der Waals surface area contributed by atoms with Crippen LogP contribution in [0, 0.1) is 6.92 Å². The molecule has 0 atom stereocenters. The summed E-state index contributed by atoms with van der Waals surface area (Å²) in [7, 11) is 0. The van der Waals surface area contributed by atoms with Crippen molar-refractivity contribution in [3.05, 3.63) is 46.8 Å². The van der Waals surface area contributed by atoms with Crippen molar-refractivity contribution in [2.45, 2.75) is 33.2 Å². The number of ether oxygens (including phenoxy) is 2. The number of nitrogens with one attached hydrogen (secondary N) is 1. The maximum Gasteiger partial charge on any atom is 0.257 e. The van der Waals surface area contributed by atoms with Crippen molar-refractivity contribution in [3.8, 4) is 5.75 Å². The Bertz CT molecular complexity index is 782. The van der Waals surface area contributed by atoms with Gasteiger partial charge in [-0.05, 0) is 24.6 Å². The zero-order valence-electron chi connectivity index (χ0n) is 16.9. The molecule has 1 aromatic carbocycles. The number of aryl methyl sites for hydroxylation is 1. The van der Waals surface area contributed by atoms with E-state index in [1.165, 1.54) is 0 Å². The average molecular weight is 387 g/mol. The van der Waals surface area contributed by atoms with Crippen LogP contribution in [0.2, 0.25) is 0 Å². The number of morpholine rings is 1. The third-order valence-electron chi connectivity index (χ3n) is 4.77. The van der Waals surface area contributed by atoms with E-state index in [2.05, 4.69) is 15.4 Å². The topological polar surface area (TPSA) is 76.8 Å². The first-order valence-electron chi connectivity index (χ1n) is 9.81. The minimum atomic E-state index is -0.166. The van der Waals surface area contributed by atoms with Gasteiger partial charge in [0.2, 0.25) is 0 Å². The van der Waals surface area contributed by atoms with Gasteiger partial charge in [0.25, 0.3) is 5.91 Å². The van der Waals surface area contributed by atoms with Crippen molar-refractivity contribution >= 4 is 5.91 Å². The Kier molecular flexibility index (Phi) is 7.06. The van der Waals surface area contributed by atoms with Crippen LogP contribution < -0.4 is 10.1 Å². The molecule has 152 valence electrons. The Morgan fingerprint density at radius 3 is 2.86 bits per heavy atom. The summed E-state index contributed by atoms with van der Waals surface area (Å²) in [5.74, 6) is 1.37. The average Bonchev–Trinajstić information content (AvgIpc) is 3.09. The second kappa shape index (κ2) is 9.71. The number of aromatic nitrogens is 1. The molecular formula is C21H29N3O4. The van der Waals surface area contributed by atoms with Crippen LogP contribution >= 0.6 is 0 Å². The maximum atomic E-state index is 12.6. The standard InChI is InChI=1S/C21H29N3O4/c1-15(2)20-19(16(3)23-28-20)21(25)22-14-17-5-4-6-18(13-17)27-12-9-24-7-10-26-11-8-24/h4-6,13,15H,7-12,14H2,1-3H3,(H,22,25). The highest BCUT2D eigenvalue weighted by molar-refractivity contribution is 5.96. The fourth-order valence-electron chi connectivity index (χ4n) is 3.19. The summed E-state index contributed by atoms with van der Waals surface area (Å²) in [6.45, 7) is 11.2. The van der Waals surface area contributed by atoms with Gasteiger partial charge in [0, 0.05) is 32.1 Å². The fraction of sp³-hybridized carbons (Fsp3) is 0.524. The molecule has 1 aliphatic rings. The number of nitrogens with zero attached hydrogens (tertiary/aromatic N) is 2. The predicted molar refractivity (Wildman–Crippen MR) is 106 cm³/mol. The van der Waals surface area contributed by atoms with Gasteiger partial charge in [-0.3, -0.25) is 9.69 Å². The van der Waals surface area contributed by atoms with Gasteiger partial charge in [0.1, 0.15) is 17.9 Å². The van der Waals surface area contributed by atoms with Crippen molar-refractivity contribution in [2.24, 2.45) is 0 Å². The lowest BCUT2D eigenvalue weighted by Gasteiger charge is -2.26. The Hall–Kier alpha value is -2.38. The zero-order chi connectivity index (χ0) is 19.9. The summed E-state index contributed by atoms with van der Waals surface area (Å²) in [5.41, 5.74) is 2.13. The molecule has 1 aliphatic heterocycles. The molecule has 7 nitrogen and oxygen atoms in total. The molecule has 1 N–H and O–H groups in total. The van der Waals surface area contributed by atoms with Gasteiger partial charge in [0.15, 0.2) is 5.76 Å². The monoisotopic (exact) mass is 387 g/mol. The van der Waals surface area contributed by atoms with Gasteiger partial charge in [-0.1, -0.05) is 31.1 Å². The molecule has 1 fully saturated rings. The highest BCUT2D eigenvalue weighted by atomic mass is 16.5. The van der Waals surface area contributed by atoms with E-state index in [1.54, 1.807) is 6.92 Å². The second-order valence-corrected chi connectivity index (χ2v) is 7.29. The van der Waals surface area contributed by atoms with Gasteiger partial charge < -0.3 is 19.3 Å². The van der Waals surface area contributed by atoms with Gasteiger partial charge in [0.05, 0.1) is 18.9 Å². The van der Waals surface area contributed by atoms with Crippen molar-refractivity contribution in [1.29, 1.82) is 0 Å². The molecule has 1 aromatic heterocycles. The van der Waals surface area contributed by atoms with E-state index in [0.717, 1.165) is 44.2 Å². The number of hydrogen-bond acceptors (Lipinski definition) is 6. The number of hydrogen-bond donors (Lipinski definition) is 1. The Morgan fingerprint density at radius 1 is 1.32 bits per heavy atom. The minimum absolute atomic E-state index is 0.102. The van der Waals surface area contributed by atoms with Crippen molar-refractivity contribution in [3.63, 3.8) is 0 Å². The van der Waals surface area contributed by atoms with E-state index in [9.17, 15) is 4.79 Å². The predicted octanol–water partition coefficient (Wildman–Crippen LogP) is 2.75. The van der Waals surface area contributed by atoms with E-state index in [1.807, 2.05) is 38.1 Å². The summed E-state index contributed by atoms with van der Waals surface area (Å²) >= 11 is 0. The molecule has 28 heavy (non-hydrogen) atoms. The molecule has 1 amide bonds. The second-order valence-electron chi connectivity index (χ2n) is 7.29. The molecule has 0 radical (unpaired) electrons. The van der Waals surface area contributed by atoms with Gasteiger partial charge >= 0.3 is 0 Å². The van der Waals surface area contributed by atoms with Crippen LogP contribution in [0.3, 0.4) is 0 Å². The number of carbonyl (C=O) groups is 1. The normalized spacial score (nSPS) is 15.0. The third kappa shape index (κ3) is 5.33. The van der Waals surface area contributed by atoms with E-state index in [4.69, 9.17) is 14.0 Å². The number of rotatable bonds is 8.